The number of ether oxygens (including phenoxy) is 1. The summed E-state index contributed by atoms with van der Waals surface area (Å²) in [4.78, 5) is 13.1. The molecule has 6 heteroatoms. The first-order chi connectivity index (χ1) is 17.2. The van der Waals surface area contributed by atoms with Crippen LogP contribution in [0.4, 0.5) is 0 Å². The molecule has 1 aromatic heterocycles. The van der Waals surface area contributed by atoms with E-state index in [2.05, 4.69) is 59.1 Å². The summed E-state index contributed by atoms with van der Waals surface area (Å²) >= 11 is 0. The van der Waals surface area contributed by atoms with E-state index in [4.69, 9.17) is 9.26 Å². The van der Waals surface area contributed by atoms with Crippen LogP contribution in [0.1, 0.15) is 91.2 Å². The van der Waals surface area contributed by atoms with E-state index >= 15 is 0 Å². The maximum absolute atomic E-state index is 13.1. The predicted octanol–water partition coefficient (Wildman–Crippen LogP) is 5.60. The molecule has 1 atom stereocenters. The highest BCUT2D eigenvalue weighted by Gasteiger charge is 2.31. The maximum atomic E-state index is 13.1. The number of carbonyl (C=O) groups excluding carboxylic acids is 1. The maximum Gasteiger partial charge on any atom is 0.273 e. The first kappa shape index (κ1) is 24.0. The normalized spacial score (nSPS) is 19.7. The molecule has 1 amide bonds. The van der Waals surface area contributed by atoms with E-state index in [1.165, 1.54) is 11.1 Å². The number of hydrogen-bond donors (Lipinski definition) is 2. The number of hydrogen-bond acceptors (Lipinski definition) is 5. The average Bonchev–Trinajstić information content (AvgIpc) is 3.62. The number of nitrogens with one attached hydrogen (secondary N) is 2. The van der Waals surface area contributed by atoms with Gasteiger partial charge >= 0.3 is 0 Å². The minimum Gasteiger partial charge on any atom is -0.376 e. The van der Waals surface area contributed by atoms with E-state index in [1.807, 2.05) is 6.07 Å². The van der Waals surface area contributed by atoms with Crippen LogP contribution in [0.3, 0.4) is 0 Å². The largest absolute Gasteiger partial charge is 0.376 e. The molecule has 1 saturated carbocycles. The van der Waals surface area contributed by atoms with Gasteiger partial charge in [0.15, 0.2) is 5.69 Å². The van der Waals surface area contributed by atoms with Gasteiger partial charge in [-0.25, -0.2) is 0 Å². The molecule has 2 heterocycles. The Bertz CT molecular complexity index is 1080. The Morgan fingerprint density at radius 1 is 1.17 bits per heavy atom. The third-order valence-electron chi connectivity index (χ3n) is 7.49. The number of benzene rings is 1. The van der Waals surface area contributed by atoms with Crippen LogP contribution in [0.5, 0.6) is 0 Å². The van der Waals surface area contributed by atoms with Crippen LogP contribution in [-0.4, -0.2) is 30.8 Å². The molecule has 3 aliphatic rings. The molecular formula is C29H37N3O3. The van der Waals surface area contributed by atoms with Gasteiger partial charge in [0.05, 0.1) is 19.3 Å². The van der Waals surface area contributed by atoms with Crippen molar-refractivity contribution in [3.8, 4) is 0 Å². The third-order valence-corrected chi connectivity index (χ3v) is 7.49. The molecule has 1 aliphatic heterocycles. The van der Waals surface area contributed by atoms with Gasteiger partial charge in [-0.3, -0.25) is 4.79 Å². The van der Waals surface area contributed by atoms with Gasteiger partial charge in [-0.1, -0.05) is 47.1 Å². The summed E-state index contributed by atoms with van der Waals surface area (Å²) < 4.78 is 11.5. The Balaban J connectivity index is 1.23. The van der Waals surface area contributed by atoms with E-state index < -0.39 is 0 Å². The fourth-order valence-corrected chi connectivity index (χ4v) is 5.22. The van der Waals surface area contributed by atoms with Crippen molar-refractivity contribution >= 4 is 5.91 Å². The van der Waals surface area contributed by atoms with Gasteiger partial charge in [-0.2, -0.15) is 0 Å². The zero-order chi connectivity index (χ0) is 24.0. The van der Waals surface area contributed by atoms with Gasteiger partial charge in [0.1, 0.15) is 5.76 Å². The van der Waals surface area contributed by atoms with Crippen molar-refractivity contribution in [2.75, 3.05) is 19.7 Å². The summed E-state index contributed by atoms with van der Waals surface area (Å²) in [5, 5.41) is 10.8. The summed E-state index contributed by atoms with van der Waals surface area (Å²) in [6, 6.07) is 10.2. The summed E-state index contributed by atoms with van der Waals surface area (Å²) in [5.74, 6) is 1.49. The number of amides is 1. The van der Waals surface area contributed by atoms with Crippen LogP contribution < -0.4 is 10.6 Å². The van der Waals surface area contributed by atoms with Gasteiger partial charge < -0.3 is 19.9 Å². The van der Waals surface area contributed by atoms with Crippen molar-refractivity contribution in [1.29, 1.82) is 0 Å². The molecule has 2 fully saturated rings. The molecule has 1 aromatic carbocycles. The first-order valence-electron chi connectivity index (χ1n) is 13.2. The monoisotopic (exact) mass is 475 g/mol. The molecular weight excluding hydrogens is 438 g/mol. The van der Waals surface area contributed by atoms with Gasteiger partial charge in [0.2, 0.25) is 0 Å². The minimum atomic E-state index is -0.157. The second kappa shape index (κ2) is 11.4. The zero-order valence-electron chi connectivity index (χ0n) is 20.7. The van der Waals surface area contributed by atoms with E-state index in [0.717, 1.165) is 74.9 Å². The molecule has 0 radical (unpaired) electrons. The molecule has 0 spiro atoms. The Labute approximate surface area is 208 Å². The molecule has 2 aliphatic carbocycles. The van der Waals surface area contributed by atoms with E-state index in [-0.39, 0.29) is 11.9 Å². The summed E-state index contributed by atoms with van der Waals surface area (Å²) in [7, 11) is 0. The third kappa shape index (κ3) is 6.30. The summed E-state index contributed by atoms with van der Waals surface area (Å²) in [6.45, 7) is 5.42. The topological polar surface area (TPSA) is 76.4 Å². The number of nitrogens with zero attached hydrogens (tertiary/aromatic N) is 1. The highest BCUT2D eigenvalue weighted by molar-refractivity contribution is 5.92. The van der Waals surface area contributed by atoms with Crippen LogP contribution in [0, 0.1) is 5.92 Å². The van der Waals surface area contributed by atoms with Crippen LogP contribution >= 0.6 is 0 Å². The van der Waals surface area contributed by atoms with Crippen molar-refractivity contribution in [3.05, 3.63) is 76.2 Å². The van der Waals surface area contributed by atoms with Gasteiger partial charge in [-0.05, 0) is 87.6 Å². The molecule has 2 N–H and O–H groups in total. The van der Waals surface area contributed by atoms with Crippen molar-refractivity contribution in [2.24, 2.45) is 5.92 Å². The van der Waals surface area contributed by atoms with Crippen molar-refractivity contribution in [2.45, 2.75) is 70.4 Å². The van der Waals surface area contributed by atoms with Gasteiger partial charge in [0.25, 0.3) is 5.91 Å². The van der Waals surface area contributed by atoms with Gasteiger partial charge in [0, 0.05) is 12.0 Å². The highest BCUT2D eigenvalue weighted by atomic mass is 16.5. The van der Waals surface area contributed by atoms with E-state index in [9.17, 15) is 4.79 Å². The zero-order valence-corrected chi connectivity index (χ0v) is 20.7. The summed E-state index contributed by atoms with van der Waals surface area (Å²) in [5.41, 5.74) is 5.45. The van der Waals surface area contributed by atoms with Crippen molar-refractivity contribution in [3.63, 3.8) is 0 Å². The number of allylic oxidation sites excluding steroid dienone is 3. The lowest BCUT2D eigenvalue weighted by Crippen LogP contribution is -2.39. The van der Waals surface area contributed by atoms with Crippen molar-refractivity contribution < 1.29 is 14.1 Å². The average molecular weight is 476 g/mol. The number of rotatable bonds is 10. The second-order valence-corrected chi connectivity index (χ2v) is 10.2. The van der Waals surface area contributed by atoms with Crippen molar-refractivity contribution in [1.82, 2.24) is 15.8 Å². The molecule has 35 heavy (non-hydrogen) atoms. The Kier molecular flexibility index (Phi) is 7.79. The van der Waals surface area contributed by atoms with Crippen LogP contribution in [-0.2, 0) is 11.3 Å². The molecule has 1 saturated heterocycles. The van der Waals surface area contributed by atoms with Gasteiger partial charge in [-0.15, -0.1) is 0 Å². The molecule has 0 bridgehead atoms. The lowest BCUT2D eigenvalue weighted by molar-refractivity contribution is 0.0904. The van der Waals surface area contributed by atoms with Crippen LogP contribution in [0.2, 0.25) is 0 Å². The highest BCUT2D eigenvalue weighted by Crippen LogP contribution is 2.40. The lowest BCUT2D eigenvalue weighted by Gasteiger charge is -2.31. The quantitative estimate of drug-likeness (QED) is 0.438. The summed E-state index contributed by atoms with van der Waals surface area (Å²) in [6.07, 6.45) is 12.2. The first-order valence-corrected chi connectivity index (χ1v) is 13.2. The predicted molar refractivity (Wildman–Crippen MR) is 136 cm³/mol. The fraction of sp³-hybridized carbons (Fsp3) is 0.517. The number of aromatic nitrogens is 1. The van der Waals surface area contributed by atoms with Crippen LogP contribution in [0.15, 0.2) is 58.2 Å². The smallest absolute Gasteiger partial charge is 0.273 e. The Hall–Kier alpha value is -2.70. The Morgan fingerprint density at radius 3 is 2.80 bits per heavy atom. The van der Waals surface area contributed by atoms with E-state index in [0.29, 0.717) is 30.7 Å². The number of piperidine rings is 1. The number of carbonyl (C=O) groups is 1. The van der Waals surface area contributed by atoms with E-state index in [1.54, 1.807) is 0 Å². The SMILES string of the molecule is CC1=CCCC=C1CCOCc1cccc(C(NC(=O)c2cc(C3CC3)on2)C2CCNCC2)c1. The molecule has 6 nitrogen and oxygen atoms in total. The minimum absolute atomic E-state index is 0.0641. The molecule has 1 unspecified atom stereocenters. The molecule has 5 rings (SSSR count). The molecule has 186 valence electrons. The Morgan fingerprint density at radius 2 is 2.00 bits per heavy atom. The van der Waals surface area contributed by atoms with Crippen LogP contribution in [0.25, 0.3) is 0 Å². The lowest BCUT2D eigenvalue weighted by atomic mass is 9.85. The fourth-order valence-electron chi connectivity index (χ4n) is 5.22. The molecule has 2 aromatic rings. The second-order valence-electron chi connectivity index (χ2n) is 10.2. The standard InChI is InChI=1S/C29H37N3O3/c1-20-5-2-3-7-22(20)13-16-34-19-21-6-4-8-25(17-21)28(24-11-14-30-15-12-24)31-29(33)26-18-27(35-32-26)23-9-10-23/h4-8,17-18,23-24,28,30H,2-3,9-16,19H2,1H3,(H,31,33).